The van der Waals surface area contributed by atoms with Gasteiger partial charge in [-0.15, -0.1) is 0 Å². The molecule has 0 spiro atoms. The lowest BCUT2D eigenvalue weighted by Gasteiger charge is -2.27. The number of rotatable bonds is 6. The van der Waals surface area contributed by atoms with E-state index in [1.54, 1.807) is 0 Å². The molecule has 1 aliphatic carbocycles. The zero-order chi connectivity index (χ0) is 12.6. The summed E-state index contributed by atoms with van der Waals surface area (Å²) in [4.78, 5) is 0. The number of benzene rings is 1. The average Bonchev–Trinajstić information content (AvgIpc) is 2.37. The predicted octanol–water partition coefficient (Wildman–Crippen LogP) is 2.22. The van der Waals surface area contributed by atoms with Gasteiger partial charge in [0.15, 0.2) is 0 Å². The van der Waals surface area contributed by atoms with E-state index in [1.165, 1.54) is 5.56 Å². The fraction of sp³-hybridized carbons (Fsp3) is 0.429. The van der Waals surface area contributed by atoms with Gasteiger partial charge in [0.1, 0.15) is 0 Å². The predicted molar refractivity (Wildman–Crippen MR) is 69.9 cm³/mol. The van der Waals surface area contributed by atoms with Crippen LogP contribution in [0, 0.1) is 11.3 Å². The van der Waals surface area contributed by atoms with Crippen molar-refractivity contribution in [3.8, 4) is 6.07 Å². The van der Waals surface area contributed by atoms with Crippen molar-refractivity contribution >= 4 is 5.71 Å². The lowest BCUT2D eigenvalue weighted by molar-refractivity contribution is 0.0340. The van der Waals surface area contributed by atoms with Crippen molar-refractivity contribution in [2.75, 3.05) is 6.54 Å². The highest BCUT2D eigenvalue weighted by molar-refractivity contribution is 5.90. The Morgan fingerprint density at radius 2 is 2.11 bits per heavy atom. The van der Waals surface area contributed by atoms with E-state index < -0.39 is 0 Å². The van der Waals surface area contributed by atoms with Crippen molar-refractivity contribution in [2.24, 2.45) is 5.10 Å². The van der Waals surface area contributed by atoms with Crippen molar-refractivity contribution in [3.63, 3.8) is 0 Å². The largest absolute Gasteiger partial charge is 0.373 e. The van der Waals surface area contributed by atoms with Gasteiger partial charge < -0.3 is 10.2 Å². The highest BCUT2D eigenvalue weighted by atomic mass is 16.5. The van der Waals surface area contributed by atoms with E-state index in [0.29, 0.717) is 25.7 Å². The van der Waals surface area contributed by atoms with Crippen molar-refractivity contribution < 1.29 is 4.74 Å². The fourth-order valence-corrected chi connectivity index (χ4v) is 1.74. The van der Waals surface area contributed by atoms with E-state index >= 15 is 0 Å². The van der Waals surface area contributed by atoms with E-state index in [4.69, 9.17) is 10.00 Å². The molecule has 0 saturated heterocycles. The van der Waals surface area contributed by atoms with E-state index in [0.717, 1.165) is 18.6 Å². The Kier molecular flexibility index (Phi) is 4.74. The van der Waals surface area contributed by atoms with Crippen LogP contribution >= 0.6 is 0 Å². The third-order valence-corrected chi connectivity index (χ3v) is 2.84. The molecule has 0 heterocycles. The van der Waals surface area contributed by atoms with Crippen LogP contribution in [0.2, 0.25) is 0 Å². The van der Waals surface area contributed by atoms with E-state index in [-0.39, 0.29) is 0 Å². The van der Waals surface area contributed by atoms with Crippen LogP contribution in [0.3, 0.4) is 0 Å². The van der Waals surface area contributed by atoms with Gasteiger partial charge in [-0.1, -0.05) is 30.3 Å². The molecule has 18 heavy (non-hydrogen) atoms. The van der Waals surface area contributed by atoms with Crippen molar-refractivity contribution in [1.82, 2.24) is 5.43 Å². The van der Waals surface area contributed by atoms with Gasteiger partial charge in [-0.05, 0) is 5.56 Å². The maximum atomic E-state index is 8.36. The van der Waals surface area contributed by atoms with Crippen LogP contribution in [0.25, 0.3) is 0 Å². The molecule has 0 radical (unpaired) electrons. The minimum absolute atomic E-state index is 0.293. The topological polar surface area (TPSA) is 57.4 Å². The summed E-state index contributed by atoms with van der Waals surface area (Å²) in [6.07, 6.45) is 2.57. The summed E-state index contributed by atoms with van der Waals surface area (Å²) < 4.78 is 5.76. The summed E-state index contributed by atoms with van der Waals surface area (Å²) in [5.74, 6) is 0. The summed E-state index contributed by atoms with van der Waals surface area (Å²) in [5, 5.41) is 12.6. The van der Waals surface area contributed by atoms with Crippen LogP contribution in [-0.4, -0.2) is 18.4 Å². The number of nitriles is 1. The number of nitrogens with one attached hydrogen (secondary N) is 1. The second-order valence-electron chi connectivity index (χ2n) is 4.32. The van der Waals surface area contributed by atoms with Gasteiger partial charge in [0, 0.05) is 25.1 Å². The normalized spacial score (nSPS) is 17.7. The maximum absolute atomic E-state index is 8.36. The number of hydrogen-bond donors (Lipinski definition) is 1. The Morgan fingerprint density at radius 1 is 1.33 bits per heavy atom. The summed E-state index contributed by atoms with van der Waals surface area (Å²) in [5.41, 5.74) is 5.23. The molecule has 94 valence electrons. The minimum atomic E-state index is 0.293. The first-order chi connectivity index (χ1) is 8.88. The molecule has 1 N–H and O–H groups in total. The highest BCUT2D eigenvalue weighted by Gasteiger charge is 2.25. The molecule has 4 heteroatoms. The molecule has 0 aromatic heterocycles. The maximum Gasteiger partial charge on any atom is 0.0720 e. The van der Waals surface area contributed by atoms with Gasteiger partial charge in [-0.3, -0.25) is 0 Å². The zero-order valence-corrected chi connectivity index (χ0v) is 10.3. The van der Waals surface area contributed by atoms with Crippen molar-refractivity contribution in [3.05, 3.63) is 35.9 Å². The Hall–Kier alpha value is -1.86. The van der Waals surface area contributed by atoms with Gasteiger partial charge in [-0.25, -0.2) is 0 Å². The van der Waals surface area contributed by atoms with Crippen LogP contribution in [0.5, 0.6) is 0 Å². The van der Waals surface area contributed by atoms with Gasteiger partial charge in [0.25, 0.3) is 0 Å². The Balaban J connectivity index is 1.60. The third kappa shape index (κ3) is 3.86. The molecule has 4 nitrogen and oxygen atoms in total. The molecule has 1 fully saturated rings. The second-order valence-corrected chi connectivity index (χ2v) is 4.32. The minimum Gasteiger partial charge on any atom is -0.373 e. The zero-order valence-electron chi connectivity index (χ0n) is 10.3. The first-order valence-electron chi connectivity index (χ1n) is 6.19. The second kappa shape index (κ2) is 6.77. The molecule has 2 rings (SSSR count). The molecule has 1 aliphatic rings. The molecule has 0 unspecified atom stereocenters. The molecule has 0 aliphatic heterocycles. The summed E-state index contributed by atoms with van der Waals surface area (Å²) in [6, 6.07) is 12.2. The van der Waals surface area contributed by atoms with E-state index in [2.05, 4.69) is 28.7 Å². The van der Waals surface area contributed by atoms with Crippen LogP contribution in [0.4, 0.5) is 0 Å². The third-order valence-electron chi connectivity index (χ3n) is 2.84. The molecular weight excluding hydrogens is 226 g/mol. The van der Waals surface area contributed by atoms with E-state index in [9.17, 15) is 0 Å². The average molecular weight is 243 g/mol. The molecule has 0 bridgehead atoms. The monoisotopic (exact) mass is 243 g/mol. The smallest absolute Gasteiger partial charge is 0.0720 e. The lowest BCUT2D eigenvalue weighted by atomic mass is 9.93. The van der Waals surface area contributed by atoms with Crippen molar-refractivity contribution in [2.45, 2.75) is 32.0 Å². The van der Waals surface area contributed by atoms with Gasteiger partial charge >= 0.3 is 0 Å². The Labute approximate surface area is 107 Å². The molecule has 1 saturated carbocycles. The Morgan fingerprint density at radius 3 is 2.83 bits per heavy atom. The number of ether oxygens (including phenoxy) is 1. The van der Waals surface area contributed by atoms with Gasteiger partial charge in [-0.2, -0.15) is 10.4 Å². The van der Waals surface area contributed by atoms with Crippen LogP contribution < -0.4 is 5.43 Å². The van der Waals surface area contributed by atoms with Gasteiger partial charge in [0.2, 0.25) is 0 Å². The standard InChI is InChI=1S/C14H17N3O/c15-7-4-8-16-17-13-9-14(10-13)18-11-12-5-2-1-3-6-12/h1-3,5-6,14,16H,4,8-11H2. The SMILES string of the molecule is N#CCCNN=C1CC(OCc2ccccc2)C1. The van der Waals surface area contributed by atoms with E-state index in [1.807, 2.05) is 18.2 Å². The molecule has 0 atom stereocenters. The first-order valence-corrected chi connectivity index (χ1v) is 6.19. The first kappa shape index (κ1) is 12.6. The summed E-state index contributed by atoms with van der Waals surface area (Å²) >= 11 is 0. The summed E-state index contributed by atoms with van der Waals surface area (Å²) in [6.45, 7) is 1.29. The van der Waals surface area contributed by atoms with Crippen LogP contribution in [-0.2, 0) is 11.3 Å². The van der Waals surface area contributed by atoms with Crippen molar-refractivity contribution in [1.29, 1.82) is 5.26 Å². The molecule has 1 aromatic carbocycles. The lowest BCUT2D eigenvalue weighted by Crippen LogP contribution is -2.33. The summed E-state index contributed by atoms with van der Waals surface area (Å²) in [7, 11) is 0. The number of hydrazone groups is 1. The van der Waals surface area contributed by atoms with Crippen LogP contribution in [0.15, 0.2) is 35.4 Å². The van der Waals surface area contributed by atoms with Crippen LogP contribution in [0.1, 0.15) is 24.8 Å². The quantitative estimate of drug-likeness (QED) is 0.615. The number of nitrogens with zero attached hydrogens (tertiary/aromatic N) is 2. The van der Waals surface area contributed by atoms with Gasteiger partial charge in [0.05, 0.1) is 25.2 Å². The molecule has 0 amide bonds. The number of hydrogen-bond acceptors (Lipinski definition) is 4. The fourth-order valence-electron chi connectivity index (χ4n) is 1.74. The molecular formula is C14H17N3O. The molecule has 1 aromatic rings. The Bertz CT molecular complexity index is 428. The highest BCUT2D eigenvalue weighted by Crippen LogP contribution is 2.21.